The average molecular weight is 382 g/mol. The summed E-state index contributed by atoms with van der Waals surface area (Å²) >= 11 is 0. The quantitative estimate of drug-likeness (QED) is 0.347. The summed E-state index contributed by atoms with van der Waals surface area (Å²) in [6, 6.07) is 13.6. The van der Waals surface area contributed by atoms with E-state index in [0.29, 0.717) is 12.3 Å². The lowest BCUT2D eigenvalue weighted by Gasteiger charge is -2.11. The number of para-hydroxylation sites is 1. The zero-order chi connectivity index (χ0) is 20.1. The highest BCUT2D eigenvalue weighted by Gasteiger charge is 2.26. The molecule has 0 N–H and O–H groups in total. The minimum absolute atomic E-state index is 0.114. The van der Waals surface area contributed by atoms with Gasteiger partial charge < -0.3 is 14.2 Å². The molecule has 0 saturated heterocycles. The zero-order valence-corrected chi connectivity index (χ0v) is 15.4. The Morgan fingerprint density at radius 2 is 1.93 bits per heavy atom. The first kappa shape index (κ1) is 19.1. The molecule has 2 aromatic carbocycles. The number of ether oxygens (including phenoxy) is 3. The molecule has 0 spiro atoms. The summed E-state index contributed by atoms with van der Waals surface area (Å²) < 4.78 is 15.8. The molecule has 0 saturated carbocycles. The van der Waals surface area contributed by atoms with Gasteiger partial charge in [-0.3, -0.25) is 10.1 Å². The lowest BCUT2D eigenvalue weighted by Crippen LogP contribution is -2.10. The molecule has 0 bridgehead atoms. The highest BCUT2D eigenvalue weighted by molar-refractivity contribution is 5.95. The molecule has 0 fully saturated rings. The minimum Gasteiger partial charge on any atom is -0.493 e. The van der Waals surface area contributed by atoms with Gasteiger partial charge in [-0.2, -0.15) is 0 Å². The van der Waals surface area contributed by atoms with Crippen molar-refractivity contribution >= 4 is 22.6 Å². The normalized spacial score (nSPS) is 10.5. The molecule has 0 atom stereocenters. The van der Waals surface area contributed by atoms with Gasteiger partial charge in [-0.1, -0.05) is 24.3 Å². The Morgan fingerprint density at radius 1 is 1.14 bits per heavy atom. The Morgan fingerprint density at radius 3 is 2.64 bits per heavy atom. The predicted octanol–water partition coefficient (Wildman–Crippen LogP) is 3.91. The Balaban J connectivity index is 1.85. The predicted molar refractivity (Wildman–Crippen MR) is 102 cm³/mol. The third-order valence-corrected chi connectivity index (χ3v) is 4.01. The van der Waals surface area contributed by atoms with E-state index in [4.69, 9.17) is 14.2 Å². The Bertz CT molecular complexity index is 1030. The van der Waals surface area contributed by atoms with Crippen LogP contribution in [0.5, 0.6) is 11.5 Å². The van der Waals surface area contributed by atoms with Crippen LogP contribution in [0.4, 0.5) is 5.69 Å². The Kier molecular flexibility index (Phi) is 5.69. The fourth-order valence-corrected chi connectivity index (χ4v) is 2.70. The molecule has 8 heteroatoms. The van der Waals surface area contributed by atoms with Crippen molar-refractivity contribution in [2.24, 2.45) is 0 Å². The van der Waals surface area contributed by atoms with Crippen LogP contribution in [0.3, 0.4) is 0 Å². The molecular formula is C20H18N2O6. The molecule has 8 nitrogen and oxygen atoms in total. The van der Waals surface area contributed by atoms with Crippen LogP contribution in [-0.2, 0) is 11.3 Å². The van der Waals surface area contributed by atoms with Crippen molar-refractivity contribution in [3.05, 3.63) is 69.9 Å². The zero-order valence-electron chi connectivity index (χ0n) is 15.4. The van der Waals surface area contributed by atoms with Crippen LogP contribution in [0.1, 0.15) is 23.0 Å². The second-order valence-corrected chi connectivity index (χ2v) is 5.78. The molecule has 1 aromatic heterocycles. The standard InChI is InChI=1S/C20H18N2O6/c1-3-27-19-10-15(17(22(24)25)11-18(19)26-2)20(23)28-12-14-9-8-13-6-4-5-7-16(13)21-14/h4-11H,3,12H2,1-2H3. The molecule has 0 aliphatic heterocycles. The van der Waals surface area contributed by atoms with E-state index < -0.39 is 16.6 Å². The first-order valence-corrected chi connectivity index (χ1v) is 8.54. The van der Waals surface area contributed by atoms with Crippen molar-refractivity contribution in [2.45, 2.75) is 13.5 Å². The number of pyridine rings is 1. The van der Waals surface area contributed by atoms with Gasteiger partial charge in [0.1, 0.15) is 12.2 Å². The molecule has 0 aliphatic carbocycles. The maximum atomic E-state index is 12.5. The highest BCUT2D eigenvalue weighted by Crippen LogP contribution is 2.35. The van der Waals surface area contributed by atoms with Gasteiger partial charge in [-0.05, 0) is 19.1 Å². The summed E-state index contributed by atoms with van der Waals surface area (Å²) in [4.78, 5) is 27.6. The number of nitro groups is 1. The molecule has 0 amide bonds. The van der Waals surface area contributed by atoms with Gasteiger partial charge >= 0.3 is 5.97 Å². The van der Waals surface area contributed by atoms with E-state index in [-0.39, 0.29) is 23.7 Å². The smallest absolute Gasteiger partial charge is 0.345 e. The van der Waals surface area contributed by atoms with Crippen molar-refractivity contribution in [3.8, 4) is 11.5 Å². The number of hydrogen-bond acceptors (Lipinski definition) is 7. The number of carbonyl (C=O) groups excluding carboxylic acids is 1. The monoisotopic (exact) mass is 382 g/mol. The SMILES string of the molecule is CCOc1cc(C(=O)OCc2ccc3ccccc3n2)c([N+](=O)[O-])cc1OC. The van der Waals surface area contributed by atoms with Gasteiger partial charge in [0.25, 0.3) is 5.69 Å². The summed E-state index contributed by atoms with van der Waals surface area (Å²) in [5, 5.41) is 12.3. The number of nitrogens with zero attached hydrogens (tertiary/aromatic N) is 2. The lowest BCUT2D eigenvalue weighted by atomic mass is 10.1. The molecule has 0 unspecified atom stereocenters. The van der Waals surface area contributed by atoms with Crippen molar-refractivity contribution < 1.29 is 23.9 Å². The molecule has 3 rings (SSSR count). The second kappa shape index (κ2) is 8.34. The van der Waals surface area contributed by atoms with Gasteiger partial charge in [0.05, 0.1) is 35.9 Å². The van der Waals surface area contributed by atoms with Gasteiger partial charge in [0.2, 0.25) is 0 Å². The molecule has 0 radical (unpaired) electrons. The molecule has 3 aromatic rings. The van der Waals surface area contributed by atoms with Crippen LogP contribution in [-0.4, -0.2) is 29.6 Å². The maximum absolute atomic E-state index is 12.5. The van der Waals surface area contributed by atoms with E-state index in [2.05, 4.69) is 4.98 Å². The summed E-state index contributed by atoms with van der Waals surface area (Å²) in [5.74, 6) is -0.446. The van der Waals surface area contributed by atoms with Crippen molar-refractivity contribution in [1.29, 1.82) is 0 Å². The molecule has 144 valence electrons. The van der Waals surface area contributed by atoms with Crippen LogP contribution in [0.25, 0.3) is 10.9 Å². The van der Waals surface area contributed by atoms with E-state index in [1.807, 2.05) is 30.3 Å². The number of benzene rings is 2. The first-order valence-electron chi connectivity index (χ1n) is 8.54. The minimum atomic E-state index is -0.842. The Hall–Kier alpha value is -3.68. The number of carbonyl (C=O) groups is 1. The van der Waals surface area contributed by atoms with Crippen molar-refractivity contribution in [2.75, 3.05) is 13.7 Å². The number of esters is 1. The van der Waals surface area contributed by atoms with E-state index in [9.17, 15) is 14.9 Å². The summed E-state index contributed by atoms with van der Waals surface area (Å²) in [5.41, 5.74) is 0.671. The highest BCUT2D eigenvalue weighted by atomic mass is 16.6. The summed E-state index contributed by atoms with van der Waals surface area (Å²) in [6.45, 7) is 1.95. The number of aromatic nitrogens is 1. The van der Waals surface area contributed by atoms with Crippen LogP contribution in [0, 0.1) is 10.1 Å². The summed E-state index contributed by atoms with van der Waals surface area (Å²) in [6.07, 6.45) is 0. The van der Waals surface area contributed by atoms with Crippen LogP contribution in [0.15, 0.2) is 48.5 Å². The van der Waals surface area contributed by atoms with E-state index in [1.54, 1.807) is 13.0 Å². The first-order chi connectivity index (χ1) is 13.5. The molecule has 1 heterocycles. The van der Waals surface area contributed by atoms with Gasteiger partial charge in [0, 0.05) is 11.5 Å². The third kappa shape index (κ3) is 4.01. The van der Waals surface area contributed by atoms with Crippen LogP contribution < -0.4 is 9.47 Å². The second-order valence-electron chi connectivity index (χ2n) is 5.78. The largest absolute Gasteiger partial charge is 0.493 e. The van der Waals surface area contributed by atoms with Gasteiger partial charge in [-0.25, -0.2) is 9.78 Å². The topological polar surface area (TPSA) is 101 Å². The molecular weight excluding hydrogens is 364 g/mol. The van der Waals surface area contributed by atoms with E-state index in [1.165, 1.54) is 13.2 Å². The van der Waals surface area contributed by atoms with Crippen molar-refractivity contribution in [3.63, 3.8) is 0 Å². The van der Waals surface area contributed by atoms with Crippen LogP contribution >= 0.6 is 0 Å². The average Bonchev–Trinajstić information content (AvgIpc) is 2.71. The maximum Gasteiger partial charge on any atom is 0.345 e. The number of hydrogen-bond donors (Lipinski definition) is 0. The number of fused-ring (bicyclic) bond motifs is 1. The van der Waals surface area contributed by atoms with Gasteiger partial charge in [0.15, 0.2) is 11.5 Å². The fraction of sp³-hybridized carbons (Fsp3) is 0.200. The lowest BCUT2D eigenvalue weighted by molar-refractivity contribution is -0.385. The molecule has 28 heavy (non-hydrogen) atoms. The van der Waals surface area contributed by atoms with Crippen LogP contribution in [0.2, 0.25) is 0 Å². The van der Waals surface area contributed by atoms with E-state index in [0.717, 1.165) is 17.0 Å². The summed E-state index contributed by atoms with van der Waals surface area (Å²) in [7, 11) is 1.37. The van der Waals surface area contributed by atoms with Crippen molar-refractivity contribution in [1.82, 2.24) is 4.98 Å². The number of nitro benzene ring substituents is 1. The fourth-order valence-electron chi connectivity index (χ4n) is 2.70. The Labute approximate surface area is 160 Å². The van der Waals surface area contributed by atoms with E-state index >= 15 is 0 Å². The molecule has 0 aliphatic rings. The number of rotatable bonds is 7. The third-order valence-electron chi connectivity index (χ3n) is 4.01. The van der Waals surface area contributed by atoms with Gasteiger partial charge in [-0.15, -0.1) is 0 Å². The number of methoxy groups -OCH3 is 1.